The van der Waals surface area contributed by atoms with Crippen molar-refractivity contribution in [3.05, 3.63) is 35.5 Å². The van der Waals surface area contributed by atoms with Gasteiger partial charge in [-0.05, 0) is 36.5 Å². The van der Waals surface area contributed by atoms with Crippen LogP contribution in [0.1, 0.15) is 33.6 Å². The predicted molar refractivity (Wildman–Crippen MR) is 79.0 cm³/mol. The summed E-state index contributed by atoms with van der Waals surface area (Å²) in [5.74, 6) is -0.0514. The minimum atomic E-state index is -0.383. The second-order valence-electron chi connectivity index (χ2n) is 6.96. The van der Waals surface area contributed by atoms with Crippen LogP contribution in [0.3, 0.4) is 0 Å². The third-order valence-electron chi connectivity index (χ3n) is 5.69. The van der Waals surface area contributed by atoms with Gasteiger partial charge in [0.05, 0.1) is 5.57 Å². The zero-order valence-corrected chi connectivity index (χ0v) is 12.6. The van der Waals surface area contributed by atoms with Crippen molar-refractivity contribution < 1.29 is 9.59 Å². The van der Waals surface area contributed by atoms with Gasteiger partial charge in [0.1, 0.15) is 6.07 Å². The third kappa shape index (κ3) is 1.78. The minimum Gasteiger partial charge on any atom is -0.293 e. The van der Waals surface area contributed by atoms with Gasteiger partial charge in [-0.15, -0.1) is 0 Å². The monoisotopic (exact) mass is 281 g/mol. The Balaban J connectivity index is 2.21. The Hall–Kier alpha value is -1.95. The molecule has 0 spiro atoms. The number of allylic oxidation sites excluding steroid dienone is 6. The summed E-state index contributed by atoms with van der Waals surface area (Å²) < 4.78 is 0. The highest BCUT2D eigenvalue weighted by Gasteiger charge is 2.53. The van der Waals surface area contributed by atoms with Gasteiger partial charge in [-0.25, -0.2) is 0 Å². The van der Waals surface area contributed by atoms with Crippen LogP contribution in [-0.2, 0) is 9.59 Å². The molecule has 4 atom stereocenters. The largest absolute Gasteiger partial charge is 0.293 e. The summed E-state index contributed by atoms with van der Waals surface area (Å²) in [5, 5.41) is 9.26. The van der Waals surface area contributed by atoms with Crippen LogP contribution in [0, 0.1) is 34.0 Å². The summed E-state index contributed by atoms with van der Waals surface area (Å²) >= 11 is 0. The van der Waals surface area contributed by atoms with Gasteiger partial charge < -0.3 is 0 Å². The van der Waals surface area contributed by atoms with Gasteiger partial charge in [0.15, 0.2) is 11.6 Å². The molecule has 3 heteroatoms. The molecule has 1 fully saturated rings. The Morgan fingerprint density at radius 2 is 2.05 bits per heavy atom. The summed E-state index contributed by atoms with van der Waals surface area (Å²) in [5.41, 5.74) is 0.779. The van der Waals surface area contributed by atoms with Gasteiger partial charge in [-0.1, -0.05) is 32.9 Å². The first kappa shape index (κ1) is 14.0. The number of rotatable bonds is 0. The average molecular weight is 281 g/mol. The van der Waals surface area contributed by atoms with Crippen molar-refractivity contribution in [3.8, 4) is 6.07 Å². The van der Waals surface area contributed by atoms with Gasteiger partial charge >= 0.3 is 0 Å². The molecule has 108 valence electrons. The quantitative estimate of drug-likeness (QED) is 0.685. The van der Waals surface area contributed by atoms with E-state index >= 15 is 0 Å². The highest BCUT2D eigenvalue weighted by Crippen LogP contribution is 2.60. The van der Waals surface area contributed by atoms with Gasteiger partial charge in [0, 0.05) is 16.7 Å². The highest BCUT2D eigenvalue weighted by atomic mass is 16.1. The number of hydrogen-bond donors (Lipinski definition) is 0. The molecular formula is C18H19NO2. The average Bonchev–Trinajstić information content (AvgIpc) is 2.45. The Morgan fingerprint density at radius 1 is 1.33 bits per heavy atom. The molecule has 0 saturated heterocycles. The maximum Gasteiger partial charge on any atom is 0.178 e. The molecule has 0 aromatic rings. The lowest BCUT2D eigenvalue weighted by atomic mass is 9.49. The second kappa shape index (κ2) is 4.27. The molecule has 3 nitrogen and oxygen atoms in total. The Morgan fingerprint density at radius 3 is 2.71 bits per heavy atom. The topological polar surface area (TPSA) is 57.9 Å². The standard InChI is InChI=1S/C18H19NO2/c1-11-14-5-7-17(2)6-4-13(20)8-15(17)18(14,3)9-12(10-19)16(11)21/h4,6,8-9,11,14H,5,7H2,1-3H3/t11?,14?,17-,18+/m1/s1. The number of nitriles is 1. The van der Waals surface area contributed by atoms with Crippen molar-refractivity contribution in [2.24, 2.45) is 22.7 Å². The van der Waals surface area contributed by atoms with E-state index in [9.17, 15) is 14.9 Å². The molecule has 3 rings (SSSR count). The van der Waals surface area contributed by atoms with Crippen molar-refractivity contribution in [2.75, 3.05) is 0 Å². The number of Topliss-reactive ketones (excluding diaryl/α,β-unsaturated/α-hetero) is 1. The van der Waals surface area contributed by atoms with E-state index in [1.165, 1.54) is 0 Å². The van der Waals surface area contributed by atoms with Crippen LogP contribution in [-0.4, -0.2) is 11.6 Å². The van der Waals surface area contributed by atoms with Crippen molar-refractivity contribution in [1.29, 1.82) is 5.26 Å². The molecule has 1 saturated carbocycles. The zero-order chi connectivity index (χ0) is 15.4. The lowest BCUT2D eigenvalue weighted by molar-refractivity contribution is -0.122. The molecule has 3 aliphatic carbocycles. The summed E-state index contributed by atoms with van der Waals surface area (Å²) in [7, 11) is 0. The summed E-state index contributed by atoms with van der Waals surface area (Å²) in [6, 6.07) is 2.04. The normalized spacial score (nSPS) is 41.6. The van der Waals surface area contributed by atoms with E-state index in [1.807, 2.05) is 25.1 Å². The molecule has 0 aliphatic heterocycles. The fourth-order valence-corrected chi connectivity index (χ4v) is 4.50. The van der Waals surface area contributed by atoms with Crippen LogP contribution in [0.25, 0.3) is 0 Å². The SMILES string of the molecule is CC1C(=O)C(C#N)=C[C@]2(C)C3=CC(=O)C=C[C@]3(C)CCC12. The number of ketones is 2. The number of nitrogens with zero attached hydrogens (tertiary/aromatic N) is 1. The second-order valence-corrected chi connectivity index (χ2v) is 6.96. The Kier molecular flexibility index (Phi) is 2.85. The zero-order valence-electron chi connectivity index (χ0n) is 12.6. The van der Waals surface area contributed by atoms with E-state index in [-0.39, 0.29) is 39.8 Å². The van der Waals surface area contributed by atoms with Crippen molar-refractivity contribution in [3.63, 3.8) is 0 Å². The van der Waals surface area contributed by atoms with Crippen LogP contribution < -0.4 is 0 Å². The predicted octanol–water partition coefficient (Wildman–Crippen LogP) is 3.14. The molecule has 0 bridgehead atoms. The first-order valence-electron chi connectivity index (χ1n) is 7.45. The summed E-state index contributed by atoms with van der Waals surface area (Å²) in [6.07, 6.45) is 9.05. The molecule has 2 unspecified atom stereocenters. The Bertz CT molecular complexity index is 676. The van der Waals surface area contributed by atoms with Crippen LogP contribution in [0.2, 0.25) is 0 Å². The van der Waals surface area contributed by atoms with Crippen LogP contribution >= 0.6 is 0 Å². The molecule has 0 aromatic heterocycles. The molecular weight excluding hydrogens is 262 g/mol. The van der Waals surface area contributed by atoms with E-state index in [1.54, 1.807) is 12.2 Å². The number of carbonyl (C=O) groups is 2. The first-order chi connectivity index (χ1) is 9.82. The van der Waals surface area contributed by atoms with E-state index in [2.05, 4.69) is 13.8 Å². The number of fused-ring (bicyclic) bond motifs is 3. The van der Waals surface area contributed by atoms with Gasteiger partial charge in [-0.2, -0.15) is 5.26 Å². The highest BCUT2D eigenvalue weighted by molar-refractivity contribution is 6.03. The van der Waals surface area contributed by atoms with Crippen molar-refractivity contribution in [2.45, 2.75) is 33.6 Å². The van der Waals surface area contributed by atoms with E-state index in [0.717, 1.165) is 18.4 Å². The third-order valence-corrected chi connectivity index (χ3v) is 5.69. The lowest BCUT2D eigenvalue weighted by Crippen LogP contribution is -2.48. The summed E-state index contributed by atoms with van der Waals surface area (Å²) in [6.45, 7) is 6.14. The van der Waals surface area contributed by atoms with Gasteiger partial charge in [0.2, 0.25) is 0 Å². The maximum absolute atomic E-state index is 12.3. The van der Waals surface area contributed by atoms with E-state index in [4.69, 9.17) is 0 Å². The smallest absolute Gasteiger partial charge is 0.178 e. The van der Waals surface area contributed by atoms with E-state index < -0.39 is 0 Å². The van der Waals surface area contributed by atoms with Crippen LogP contribution in [0.15, 0.2) is 35.5 Å². The number of carbonyl (C=O) groups excluding carboxylic acids is 2. The molecule has 3 aliphatic rings. The minimum absolute atomic E-state index is 0.000751. The van der Waals surface area contributed by atoms with Crippen molar-refractivity contribution in [1.82, 2.24) is 0 Å². The van der Waals surface area contributed by atoms with Crippen molar-refractivity contribution >= 4 is 11.6 Å². The lowest BCUT2D eigenvalue weighted by Gasteiger charge is -2.53. The molecule has 0 N–H and O–H groups in total. The van der Waals surface area contributed by atoms with E-state index in [0.29, 0.717) is 0 Å². The molecule has 0 radical (unpaired) electrons. The molecule has 0 aromatic carbocycles. The Labute approximate surface area is 125 Å². The van der Waals surface area contributed by atoms with Gasteiger partial charge in [0.25, 0.3) is 0 Å². The fourth-order valence-electron chi connectivity index (χ4n) is 4.50. The summed E-state index contributed by atoms with van der Waals surface area (Å²) in [4.78, 5) is 24.1. The molecule has 0 heterocycles. The van der Waals surface area contributed by atoms with Crippen LogP contribution in [0.5, 0.6) is 0 Å². The fraction of sp³-hybridized carbons (Fsp3) is 0.500. The van der Waals surface area contributed by atoms with Gasteiger partial charge in [-0.3, -0.25) is 9.59 Å². The first-order valence-corrected chi connectivity index (χ1v) is 7.45. The maximum atomic E-state index is 12.3. The molecule has 0 amide bonds. The number of hydrogen-bond acceptors (Lipinski definition) is 3. The van der Waals surface area contributed by atoms with Crippen LogP contribution in [0.4, 0.5) is 0 Å². The molecule has 21 heavy (non-hydrogen) atoms.